The van der Waals surface area contributed by atoms with Crippen molar-refractivity contribution in [2.75, 3.05) is 0 Å². The molecule has 1 fully saturated rings. The van der Waals surface area contributed by atoms with Gasteiger partial charge in [0.2, 0.25) is 0 Å². The van der Waals surface area contributed by atoms with Crippen molar-refractivity contribution < 1.29 is 14.3 Å². The maximum Gasteiger partial charge on any atom is 0.322 e. The molecule has 2 atom stereocenters. The number of rotatable bonds is 7. The smallest absolute Gasteiger partial charge is 0.322 e. The number of carbonyl (C=O) groups is 2. The van der Waals surface area contributed by atoms with Gasteiger partial charge in [0.1, 0.15) is 0 Å². The predicted molar refractivity (Wildman–Crippen MR) is 103 cm³/mol. The van der Waals surface area contributed by atoms with Crippen molar-refractivity contribution in [2.45, 2.75) is 34.6 Å². The van der Waals surface area contributed by atoms with Gasteiger partial charge in [0.15, 0.2) is 0 Å². The lowest BCUT2D eigenvalue weighted by molar-refractivity contribution is -0.153. The molecule has 2 unspecified atom stereocenters. The SMILES string of the molecule is CC=CC(=C(C=CC)C1C(=O)OC(=O)C1C=CC)C(C=CC)C=CC. The van der Waals surface area contributed by atoms with Gasteiger partial charge in [0, 0.05) is 5.92 Å². The van der Waals surface area contributed by atoms with E-state index in [9.17, 15) is 9.59 Å². The summed E-state index contributed by atoms with van der Waals surface area (Å²) in [4.78, 5) is 24.5. The van der Waals surface area contributed by atoms with Gasteiger partial charge >= 0.3 is 11.9 Å². The molecule has 134 valence electrons. The van der Waals surface area contributed by atoms with E-state index in [0.29, 0.717) is 0 Å². The minimum atomic E-state index is -0.621. The summed E-state index contributed by atoms with van der Waals surface area (Å²) in [7, 11) is 0. The van der Waals surface area contributed by atoms with E-state index in [1.54, 1.807) is 12.2 Å². The first-order chi connectivity index (χ1) is 12.0. The molecule has 0 aromatic heterocycles. The zero-order chi connectivity index (χ0) is 18.8. The lowest BCUT2D eigenvalue weighted by Gasteiger charge is -2.20. The number of esters is 2. The van der Waals surface area contributed by atoms with Gasteiger partial charge in [0.05, 0.1) is 11.8 Å². The fourth-order valence-corrected chi connectivity index (χ4v) is 3.06. The number of hydrogen-bond donors (Lipinski definition) is 0. The molecular weight excluding hydrogens is 312 g/mol. The Labute approximate surface area is 151 Å². The van der Waals surface area contributed by atoms with E-state index in [-0.39, 0.29) is 5.92 Å². The second-order valence-corrected chi connectivity index (χ2v) is 5.76. The summed E-state index contributed by atoms with van der Waals surface area (Å²) in [6.45, 7) is 9.61. The summed E-state index contributed by atoms with van der Waals surface area (Å²) in [6, 6.07) is 0. The van der Waals surface area contributed by atoms with Gasteiger partial charge in [-0.25, -0.2) is 0 Å². The fourth-order valence-electron chi connectivity index (χ4n) is 3.06. The Kier molecular flexibility index (Phi) is 8.62. The molecule has 0 saturated carbocycles. The lowest BCUT2D eigenvalue weighted by atomic mass is 9.80. The predicted octanol–water partition coefficient (Wildman–Crippen LogP) is 5.10. The van der Waals surface area contributed by atoms with Gasteiger partial charge < -0.3 is 4.74 Å². The molecule has 1 rings (SSSR count). The molecule has 1 heterocycles. The van der Waals surface area contributed by atoms with E-state index < -0.39 is 23.8 Å². The Morgan fingerprint density at radius 2 is 1.44 bits per heavy atom. The first-order valence-corrected chi connectivity index (χ1v) is 8.69. The summed E-state index contributed by atoms with van der Waals surface area (Å²) < 4.78 is 4.94. The van der Waals surface area contributed by atoms with Gasteiger partial charge in [-0.15, -0.1) is 0 Å². The van der Waals surface area contributed by atoms with Crippen LogP contribution in [0.4, 0.5) is 0 Å². The highest BCUT2D eigenvalue weighted by Crippen LogP contribution is 2.36. The van der Waals surface area contributed by atoms with Crippen molar-refractivity contribution in [3.8, 4) is 0 Å². The van der Waals surface area contributed by atoms with Crippen molar-refractivity contribution in [3.63, 3.8) is 0 Å². The van der Waals surface area contributed by atoms with Crippen LogP contribution in [-0.2, 0) is 14.3 Å². The first-order valence-electron chi connectivity index (χ1n) is 8.69. The van der Waals surface area contributed by atoms with Crippen LogP contribution in [0.15, 0.2) is 71.9 Å². The molecule has 0 aromatic carbocycles. The Morgan fingerprint density at radius 1 is 0.840 bits per heavy atom. The van der Waals surface area contributed by atoms with Crippen LogP contribution in [0.5, 0.6) is 0 Å². The minimum Gasteiger partial charge on any atom is -0.392 e. The summed E-state index contributed by atoms with van der Waals surface area (Å²) >= 11 is 0. The number of cyclic esters (lactones) is 2. The van der Waals surface area contributed by atoms with Gasteiger partial charge in [-0.3, -0.25) is 9.59 Å². The van der Waals surface area contributed by atoms with Crippen molar-refractivity contribution in [1.82, 2.24) is 0 Å². The van der Waals surface area contributed by atoms with E-state index in [1.807, 2.05) is 71.1 Å². The molecule has 0 spiro atoms. The molecule has 1 saturated heterocycles. The molecule has 3 heteroatoms. The molecule has 1 aliphatic rings. The van der Waals surface area contributed by atoms with Crippen LogP contribution in [0.3, 0.4) is 0 Å². The molecule has 0 N–H and O–H groups in total. The van der Waals surface area contributed by atoms with Crippen LogP contribution in [0, 0.1) is 17.8 Å². The molecule has 0 amide bonds. The van der Waals surface area contributed by atoms with Crippen LogP contribution in [0.1, 0.15) is 34.6 Å². The van der Waals surface area contributed by atoms with E-state index in [0.717, 1.165) is 11.1 Å². The molecule has 0 aliphatic carbocycles. The average molecular weight is 340 g/mol. The molecule has 0 bridgehead atoms. The fraction of sp³-hybridized carbons (Fsp3) is 0.364. The summed E-state index contributed by atoms with van der Waals surface area (Å²) in [5.74, 6) is -2.15. The zero-order valence-electron chi connectivity index (χ0n) is 15.7. The highest BCUT2D eigenvalue weighted by molar-refractivity contribution is 5.99. The van der Waals surface area contributed by atoms with E-state index in [2.05, 4.69) is 12.2 Å². The van der Waals surface area contributed by atoms with E-state index in [1.165, 1.54) is 0 Å². The standard InChI is InChI=1S/C22H28O3/c1-6-11-16(12-7-2)17(13-8-3)18(14-9-4)20-19(15-10-5)21(23)25-22(20)24/h6-16,19-20H,1-5H3. The maximum atomic E-state index is 12.4. The number of ether oxygens (including phenoxy) is 1. The van der Waals surface area contributed by atoms with E-state index >= 15 is 0 Å². The Balaban J connectivity index is 3.67. The van der Waals surface area contributed by atoms with Crippen molar-refractivity contribution in [3.05, 3.63) is 71.9 Å². The quantitative estimate of drug-likeness (QED) is 0.280. The Bertz CT molecular complexity index is 645. The molecular formula is C22H28O3. The summed E-state index contributed by atoms with van der Waals surface area (Å²) in [5.41, 5.74) is 1.81. The van der Waals surface area contributed by atoms with Gasteiger partial charge in [-0.2, -0.15) is 0 Å². The zero-order valence-corrected chi connectivity index (χ0v) is 15.7. The van der Waals surface area contributed by atoms with Crippen LogP contribution < -0.4 is 0 Å². The summed E-state index contributed by atoms with van der Waals surface area (Å²) in [6.07, 6.45) is 19.4. The number of hydrogen-bond acceptors (Lipinski definition) is 3. The monoisotopic (exact) mass is 340 g/mol. The largest absolute Gasteiger partial charge is 0.392 e. The van der Waals surface area contributed by atoms with Crippen LogP contribution in [0.2, 0.25) is 0 Å². The lowest BCUT2D eigenvalue weighted by Crippen LogP contribution is -2.20. The Hall–Kier alpha value is -2.42. The first kappa shape index (κ1) is 20.6. The molecule has 0 aromatic rings. The highest BCUT2D eigenvalue weighted by Gasteiger charge is 2.45. The van der Waals surface area contributed by atoms with Gasteiger partial charge in [-0.1, -0.05) is 60.8 Å². The van der Waals surface area contributed by atoms with Crippen molar-refractivity contribution in [2.24, 2.45) is 17.8 Å². The molecule has 3 nitrogen and oxygen atoms in total. The molecule has 1 aliphatic heterocycles. The second kappa shape index (κ2) is 10.4. The van der Waals surface area contributed by atoms with Crippen LogP contribution >= 0.6 is 0 Å². The third-order valence-corrected chi connectivity index (χ3v) is 4.01. The van der Waals surface area contributed by atoms with Gasteiger partial charge in [0.25, 0.3) is 0 Å². The van der Waals surface area contributed by atoms with Crippen LogP contribution in [-0.4, -0.2) is 11.9 Å². The Morgan fingerprint density at radius 3 is 1.92 bits per heavy atom. The minimum absolute atomic E-state index is 0.0205. The third kappa shape index (κ3) is 5.02. The molecule has 0 radical (unpaired) electrons. The second-order valence-electron chi connectivity index (χ2n) is 5.76. The number of carbonyl (C=O) groups excluding carboxylic acids is 2. The topological polar surface area (TPSA) is 43.4 Å². The maximum absolute atomic E-state index is 12.4. The van der Waals surface area contributed by atoms with E-state index in [4.69, 9.17) is 4.74 Å². The highest BCUT2D eigenvalue weighted by atomic mass is 16.6. The normalized spacial score (nSPS) is 24.4. The number of allylic oxidation sites excluding steroid dienone is 10. The van der Waals surface area contributed by atoms with Gasteiger partial charge in [-0.05, 0) is 45.8 Å². The van der Waals surface area contributed by atoms with Crippen molar-refractivity contribution >= 4 is 11.9 Å². The van der Waals surface area contributed by atoms with Crippen molar-refractivity contribution in [1.29, 1.82) is 0 Å². The average Bonchev–Trinajstić information content (AvgIpc) is 2.85. The molecule has 25 heavy (non-hydrogen) atoms. The van der Waals surface area contributed by atoms with Crippen LogP contribution in [0.25, 0.3) is 0 Å². The summed E-state index contributed by atoms with van der Waals surface area (Å²) in [5, 5.41) is 0. The third-order valence-electron chi connectivity index (χ3n) is 4.01.